The zero-order valence-electron chi connectivity index (χ0n) is 14.4. The molecule has 1 aromatic carbocycles. The SMILES string of the molecule is CCc1cc(C2CCN(C)CC2)c2nccc(C(C)C)c2c1. The van der Waals surface area contributed by atoms with E-state index in [9.17, 15) is 0 Å². The van der Waals surface area contributed by atoms with Crippen LogP contribution in [0.3, 0.4) is 0 Å². The molecule has 0 saturated carbocycles. The summed E-state index contributed by atoms with van der Waals surface area (Å²) in [5.41, 5.74) is 5.63. The molecule has 0 aliphatic carbocycles. The van der Waals surface area contributed by atoms with E-state index in [1.54, 1.807) is 0 Å². The Morgan fingerprint density at radius 1 is 1.23 bits per heavy atom. The molecule has 0 bridgehead atoms. The summed E-state index contributed by atoms with van der Waals surface area (Å²) in [7, 11) is 2.23. The first-order chi connectivity index (χ1) is 10.6. The van der Waals surface area contributed by atoms with Crippen molar-refractivity contribution >= 4 is 10.9 Å². The number of likely N-dealkylation sites (tertiary alicyclic amines) is 1. The van der Waals surface area contributed by atoms with Crippen LogP contribution in [0.15, 0.2) is 24.4 Å². The second-order valence-electron chi connectivity index (χ2n) is 7.07. The van der Waals surface area contributed by atoms with Crippen LogP contribution >= 0.6 is 0 Å². The summed E-state index contributed by atoms with van der Waals surface area (Å²) in [5, 5.41) is 1.38. The highest BCUT2D eigenvalue weighted by Crippen LogP contribution is 2.35. The maximum absolute atomic E-state index is 4.78. The number of hydrogen-bond donors (Lipinski definition) is 0. The quantitative estimate of drug-likeness (QED) is 0.814. The highest BCUT2D eigenvalue weighted by Gasteiger charge is 2.22. The second-order valence-corrected chi connectivity index (χ2v) is 7.07. The normalized spacial score (nSPS) is 17.5. The first kappa shape index (κ1) is 15.5. The summed E-state index contributed by atoms with van der Waals surface area (Å²) < 4.78 is 0. The number of nitrogens with zero attached hydrogens (tertiary/aromatic N) is 2. The fraction of sp³-hybridized carbons (Fsp3) is 0.550. The minimum atomic E-state index is 0.544. The van der Waals surface area contributed by atoms with Crippen molar-refractivity contribution in [3.05, 3.63) is 41.1 Å². The van der Waals surface area contributed by atoms with Crippen molar-refractivity contribution in [1.82, 2.24) is 9.88 Å². The van der Waals surface area contributed by atoms with Gasteiger partial charge >= 0.3 is 0 Å². The Hall–Kier alpha value is -1.41. The molecule has 0 spiro atoms. The molecule has 2 heterocycles. The lowest BCUT2D eigenvalue weighted by molar-refractivity contribution is 0.256. The fourth-order valence-corrected chi connectivity index (χ4v) is 3.70. The van der Waals surface area contributed by atoms with Gasteiger partial charge in [0.05, 0.1) is 5.52 Å². The molecular weight excluding hydrogens is 268 g/mol. The highest BCUT2D eigenvalue weighted by molar-refractivity contribution is 5.86. The van der Waals surface area contributed by atoms with Crippen LogP contribution in [0.25, 0.3) is 10.9 Å². The van der Waals surface area contributed by atoms with Gasteiger partial charge in [0.15, 0.2) is 0 Å². The van der Waals surface area contributed by atoms with Gasteiger partial charge in [-0.1, -0.05) is 26.8 Å². The van der Waals surface area contributed by atoms with Crippen LogP contribution in [0.1, 0.15) is 62.1 Å². The fourth-order valence-electron chi connectivity index (χ4n) is 3.70. The van der Waals surface area contributed by atoms with E-state index in [0.717, 1.165) is 6.42 Å². The Balaban J connectivity index is 2.14. The largest absolute Gasteiger partial charge is 0.306 e. The highest BCUT2D eigenvalue weighted by atomic mass is 15.1. The molecule has 0 amide bonds. The van der Waals surface area contributed by atoms with Crippen molar-refractivity contribution in [2.75, 3.05) is 20.1 Å². The Bertz CT molecular complexity index is 652. The summed E-state index contributed by atoms with van der Waals surface area (Å²) in [6.07, 6.45) is 5.61. The lowest BCUT2D eigenvalue weighted by Crippen LogP contribution is -2.29. The maximum atomic E-state index is 4.78. The van der Waals surface area contributed by atoms with E-state index < -0.39 is 0 Å². The molecule has 0 N–H and O–H groups in total. The average molecular weight is 296 g/mol. The molecule has 2 heteroatoms. The van der Waals surface area contributed by atoms with Crippen molar-refractivity contribution < 1.29 is 0 Å². The summed E-state index contributed by atoms with van der Waals surface area (Å²) in [5.74, 6) is 1.21. The molecule has 22 heavy (non-hydrogen) atoms. The van der Waals surface area contributed by atoms with Gasteiger partial charge < -0.3 is 4.90 Å². The third-order valence-corrected chi connectivity index (χ3v) is 5.16. The predicted molar refractivity (Wildman–Crippen MR) is 94.7 cm³/mol. The first-order valence-corrected chi connectivity index (χ1v) is 8.70. The van der Waals surface area contributed by atoms with Gasteiger partial charge in [0.1, 0.15) is 0 Å². The number of fused-ring (bicyclic) bond motifs is 1. The Labute approximate surface area is 134 Å². The van der Waals surface area contributed by atoms with Gasteiger partial charge in [-0.15, -0.1) is 0 Å². The zero-order chi connectivity index (χ0) is 15.7. The monoisotopic (exact) mass is 296 g/mol. The standard InChI is InChI=1S/C20H28N2/c1-5-15-12-18(16-7-10-22(4)11-8-16)20-19(13-15)17(14(2)3)6-9-21-20/h6,9,12-14,16H,5,7-8,10-11H2,1-4H3. The van der Waals surface area contributed by atoms with Crippen LogP contribution in [0.2, 0.25) is 0 Å². The molecule has 2 aromatic rings. The summed E-state index contributed by atoms with van der Waals surface area (Å²) in [6, 6.07) is 7.00. The van der Waals surface area contributed by atoms with Gasteiger partial charge in [0, 0.05) is 11.6 Å². The molecule has 3 rings (SSSR count). The number of piperidine rings is 1. The number of rotatable bonds is 3. The van der Waals surface area contributed by atoms with Crippen molar-refractivity contribution in [3.8, 4) is 0 Å². The zero-order valence-corrected chi connectivity index (χ0v) is 14.4. The van der Waals surface area contributed by atoms with Gasteiger partial charge in [-0.05, 0) is 80.1 Å². The van der Waals surface area contributed by atoms with Crippen LogP contribution in [0, 0.1) is 0 Å². The number of aromatic nitrogens is 1. The molecule has 0 unspecified atom stereocenters. The van der Waals surface area contributed by atoms with Crippen LogP contribution in [-0.2, 0) is 6.42 Å². The topological polar surface area (TPSA) is 16.1 Å². The molecule has 1 aliphatic heterocycles. The minimum Gasteiger partial charge on any atom is -0.306 e. The lowest BCUT2D eigenvalue weighted by atomic mass is 9.85. The van der Waals surface area contributed by atoms with Gasteiger partial charge in [-0.25, -0.2) is 0 Å². The lowest BCUT2D eigenvalue weighted by Gasteiger charge is -2.30. The average Bonchev–Trinajstić information content (AvgIpc) is 2.53. The molecule has 1 fully saturated rings. The summed E-state index contributed by atoms with van der Waals surface area (Å²) in [4.78, 5) is 7.22. The van der Waals surface area contributed by atoms with Crippen molar-refractivity contribution in [2.45, 2.75) is 51.9 Å². The number of aryl methyl sites for hydroxylation is 1. The van der Waals surface area contributed by atoms with E-state index >= 15 is 0 Å². The van der Waals surface area contributed by atoms with Crippen LogP contribution in [0.4, 0.5) is 0 Å². The molecule has 1 aromatic heterocycles. The van der Waals surface area contributed by atoms with E-state index in [1.807, 2.05) is 6.20 Å². The summed E-state index contributed by atoms with van der Waals surface area (Å²) >= 11 is 0. The van der Waals surface area contributed by atoms with Gasteiger partial charge in [-0.3, -0.25) is 4.98 Å². The van der Waals surface area contributed by atoms with Crippen LogP contribution < -0.4 is 0 Å². The first-order valence-electron chi connectivity index (χ1n) is 8.70. The van der Waals surface area contributed by atoms with E-state index in [4.69, 9.17) is 4.98 Å². The molecule has 118 valence electrons. The van der Waals surface area contributed by atoms with E-state index in [-0.39, 0.29) is 0 Å². The number of benzene rings is 1. The van der Waals surface area contributed by atoms with Crippen molar-refractivity contribution in [1.29, 1.82) is 0 Å². The third-order valence-electron chi connectivity index (χ3n) is 5.16. The molecule has 1 aliphatic rings. The van der Waals surface area contributed by atoms with Gasteiger partial charge in [0.2, 0.25) is 0 Å². The Morgan fingerprint density at radius 2 is 1.95 bits per heavy atom. The second kappa shape index (κ2) is 6.37. The number of pyridine rings is 1. The summed E-state index contributed by atoms with van der Waals surface area (Å²) in [6.45, 7) is 9.22. The van der Waals surface area contributed by atoms with E-state index in [2.05, 4.69) is 50.9 Å². The van der Waals surface area contributed by atoms with Crippen molar-refractivity contribution in [3.63, 3.8) is 0 Å². The molecule has 1 saturated heterocycles. The molecule has 2 nitrogen and oxygen atoms in total. The smallest absolute Gasteiger partial charge is 0.0739 e. The van der Waals surface area contributed by atoms with Crippen LogP contribution in [0.5, 0.6) is 0 Å². The number of hydrogen-bond acceptors (Lipinski definition) is 2. The van der Waals surface area contributed by atoms with Crippen molar-refractivity contribution in [2.24, 2.45) is 0 Å². The third kappa shape index (κ3) is 2.89. The minimum absolute atomic E-state index is 0.544. The predicted octanol–water partition coefficient (Wildman–Crippen LogP) is 4.73. The maximum Gasteiger partial charge on any atom is 0.0739 e. The van der Waals surface area contributed by atoms with E-state index in [1.165, 1.54) is 53.5 Å². The van der Waals surface area contributed by atoms with Gasteiger partial charge in [-0.2, -0.15) is 0 Å². The Kier molecular flexibility index (Phi) is 4.49. The molecule has 0 radical (unpaired) electrons. The molecule has 0 atom stereocenters. The molecular formula is C20H28N2. The van der Waals surface area contributed by atoms with Crippen LogP contribution in [-0.4, -0.2) is 30.0 Å². The van der Waals surface area contributed by atoms with Gasteiger partial charge in [0.25, 0.3) is 0 Å². The Morgan fingerprint density at radius 3 is 2.59 bits per heavy atom. The van der Waals surface area contributed by atoms with E-state index in [0.29, 0.717) is 11.8 Å².